The van der Waals surface area contributed by atoms with Crippen LogP contribution in [-0.2, 0) is 6.42 Å². The second-order valence-electron chi connectivity index (χ2n) is 7.32. The molecule has 0 unspecified atom stereocenters. The molecule has 0 amide bonds. The van der Waals surface area contributed by atoms with E-state index in [1.165, 1.54) is 5.56 Å². The van der Waals surface area contributed by atoms with Gasteiger partial charge in [-0.2, -0.15) is 0 Å². The van der Waals surface area contributed by atoms with Gasteiger partial charge in [0.2, 0.25) is 5.95 Å². The molecule has 1 aliphatic rings. The minimum absolute atomic E-state index is 0.0191. The average molecular weight is 340 g/mol. The number of nitrogens with one attached hydrogen (secondary N) is 1. The fourth-order valence-corrected chi connectivity index (χ4v) is 3.20. The molecule has 1 fully saturated rings. The molecule has 1 aromatic carbocycles. The van der Waals surface area contributed by atoms with Gasteiger partial charge >= 0.3 is 0 Å². The van der Waals surface area contributed by atoms with Crippen molar-refractivity contribution in [2.45, 2.75) is 33.1 Å². The highest BCUT2D eigenvalue weighted by Gasteiger charge is 2.18. The third kappa shape index (κ3) is 4.10. The highest BCUT2D eigenvalue weighted by Crippen LogP contribution is 2.17. The molecule has 0 saturated carbocycles. The van der Waals surface area contributed by atoms with Crippen LogP contribution >= 0.6 is 0 Å². The first-order valence-electron chi connectivity index (χ1n) is 9.06. The molecule has 1 aliphatic heterocycles. The molecule has 1 N–H and O–H groups in total. The van der Waals surface area contributed by atoms with Crippen LogP contribution in [0.3, 0.4) is 0 Å². The van der Waals surface area contributed by atoms with Gasteiger partial charge in [0.15, 0.2) is 0 Å². The van der Waals surface area contributed by atoms with Crippen molar-refractivity contribution in [3.63, 3.8) is 0 Å². The van der Waals surface area contributed by atoms with Crippen molar-refractivity contribution >= 4 is 5.95 Å². The second-order valence-corrected chi connectivity index (χ2v) is 7.32. The van der Waals surface area contributed by atoms with E-state index in [9.17, 15) is 4.79 Å². The van der Waals surface area contributed by atoms with Crippen molar-refractivity contribution in [3.8, 4) is 0 Å². The van der Waals surface area contributed by atoms with E-state index in [1.54, 1.807) is 0 Å². The quantitative estimate of drug-likeness (QED) is 0.929. The first-order valence-corrected chi connectivity index (χ1v) is 9.06. The number of benzene rings is 1. The lowest BCUT2D eigenvalue weighted by molar-refractivity contribution is 0.311. The van der Waals surface area contributed by atoms with Crippen LogP contribution in [0.25, 0.3) is 0 Å². The lowest BCUT2D eigenvalue weighted by Gasteiger charge is -2.32. The number of hydrogen-bond donors (Lipinski definition) is 1. The molecule has 2 aromatic rings. The first-order chi connectivity index (χ1) is 11.9. The number of likely N-dealkylation sites (N-methyl/N-ethyl adjacent to an activating group) is 1. The van der Waals surface area contributed by atoms with Crippen LogP contribution in [0.5, 0.6) is 0 Å². The topological polar surface area (TPSA) is 52.2 Å². The van der Waals surface area contributed by atoms with Crippen LogP contribution in [0.4, 0.5) is 5.95 Å². The standard InChI is InChI=1S/C20H28N4O/c1-14(2)17-7-5-16(6-8-17)13-18-15(3)21-20(22-19(18)25)24-11-9-23(4)10-12-24/h5-8,14H,9-13H2,1-4H3,(H,21,22,25). The Morgan fingerprint density at radius 2 is 1.76 bits per heavy atom. The number of rotatable bonds is 4. The molecule has 1 aromatic heterocycles. The van der Waals surface area contributed by atoms with Gasteiger partial charge < -0.3 is 9.80 Å². The number of piperazine rings is 1. The first kappa shape index (κ1) is 17.7. The van der Waals surface area contributed by atoms with Gasteiger partial charge in [-0.25, -0.2) is 4.98 Å². The minimum Gasteiger partial charge on any atom is -0.340 e. The molecule has 2 heterocycles. The fourth-order valence-electron chi connectivity index (χ4n) is 3.20. The predicted octanol–water partition coefficient (Wildman–Crippen LogP) is 2.54. The van der Waals surface area contributed by atoms with Crippen LogP contribution < -0.4 is 10.5 Å². The smallest absolute Gasteiger partial charge is 0.256 e. The van der Waals surface area contributed by atoms with Crippen molar-refractivity contribution in [3.05, 3.63) is 57.0 Å². The number of aryl methyl sites for hydroxylation is 1. The molecular formula is C20H28N4O. The summed E-state index contributed by atoms with van der Waals surface area (Å²) < 4.78 is 0. The lowest BCUT2D eigenvalue weighted by atomic mass is 9.99. The van der Waals surface area contributed by atoms with E-state index in [0.717, 1.165) is 43.0 Å². The maximum absolute atomic E-state index is 12.6. The summed E-state index contributed by atoms with van der Waals surface area (Å²) in [7, 11) is 2.12. The largest absolute Gasteiger partial charge is 0.340 e. The molecule has 0 radical (unpaired) electrons. The molecule has 0 aliphatic carbocycles. The molecule has 25 heavy (non-hydrogen) atoms. The summed E-state index contributed by atoms with van der Waals surface area (Å²) in [6.45, 7) is 10.1. The number of hydrogen-bond acceptors (Lipinski definition) is 4. The third-order valence-electron chi connectivity index (χ3n) is 5.04. The summed E-state index contributed by atoms with van der Waals surface area (Å²) in [5.41, 5.74) is 4.03. The van der Waals surface area contributed by atoms with Crippen LogP contribution in [-0.4, -0.2) is 48.1 Å². The summed E-state index contributed by atoms with van der Waals surface area (Å²) >= 11 is 0. The predicted molar refractivity (Wildman–Crippen MR) is 103 cm³/mol. The van der Waals surface area contributed by atoms with Gasteiger partial charge in [0.25, 0.3) is 5.56 Å². The van der Waals surface area contributed by atoms with Gasteiger partial charge in [-0.15, -0.1) is 0 Å². The van der Waals surface area contributed by atoms with Gasteiger partial charge in [0.1, 0.15) is 0 Å². The molecule has 1 saturated heterocycles. The van der Waals surface area contributed by atoms with Gasteiger partial charge in [-0.05, 0) is 31.0 Å². The van der Waals surface area contributed by atoms with Crippen molar-refractivity contribution in [2.24, 2.45) is 0 Å². The molecule has 5 heteroatoms. The van der Waals surface area contributed by atoms with E-state index in [4.69, 9.17) is 0 Å². The zero-order valence-corrected chi connectivity index (χ0v) is 15.7. The van der Waals surface area contributed by atoms with Crippen molar-refractivity contribution in [1.29, 1.82) is 0 Å². The molecule has 3 rings (SSSR count). The average Bonchev–Trinajstić information content (AvgIpc) is 2.59. The number of aromatic amines is 1. The summed E-state index contributed by atoms with van der Waals surface area (Å²) in [4.78, 5) is 24.7. The van der Waals surface area contributed by atoms with E-state index < -0.39 is 0 Å². The Hall–Kier alpha value is -2.14. The van der Waals surface area contributed by atoms with Gasteiger partial charge in [-0.1, -0.05) is 38.1 Å². The third-order valence-corrected chi connectivity index (χ3v) is 5.04. The van der Waals surface area contributed by atoms with Crippen LogP contribution in [0, 0.1) is 6.92 Å². The zero-order valence-electron chi connectivity index (χ0n) is 15.7. The Morgan fingerprint density at radius 1 is 1.12 bits per heavy atom. The Labute approximate surface area is 149 Å². The molecular weight excluding hydrogens is 312 g/mol. The lowest BCUT2D eigenvalue weighted by Crippen LogP contribution is -2.45. The van der Waals surface area contributed by atoms with Crippen molar-refractivity contribution in [2.75, 3.05) is 38.1 Å². The van der Waals surface area contributed by atoms with Crippen molar-refractivity contribution in [1.82, 2.24) is 14.9 Å². The van der Waals surface area contributed by atoms with E-state index in [1.807, 2.05) is 6.92 Å². The SMILES string of the molecule is Cc1nc(N2CCN(C)CC2)[nH]c(=O)c1Cc1ccc(C(C)C)cc1. The van der Waals surface area contributed by atoms with Crippen molar-refractivity contribution < 1.29 is 0 Å². The number of anilines is 1. The summed E-state index contributed by atoms with van der Waals surface area (Å²) in [6.07, 6.45) is 0.621. The normalized spacial score (nSPS) is 15.8. The van der Waals surface area contributed by atoms with Crippen LogP contribution in [0.1, 0.15) is 42.1 Å². The van der Waals surface area contributed by atoms with E-state index in [0.29, 0.717) is 18.3 Å². The molecule has 0 bridgehead atoms. The highest BCUT2D eigenvalue weighted by molar-refractivity contribution is 5.36. The maximum atomic E-state index is 12.6. The van der Waals surface area contributed by atoms with Crippen LogP contribution in [0.15, 0.2) is 29.1 Å². The van der Waals surface area contributed by atoms with Crippen LogP contribution in [0.2, 0.25) is 0 Å². The highest BCUT2D eigenvalue weighted by atomic mass is 16.1. The minimum atomic E-state index is -0.0191. The Morgan fingerprint density at radius 3 is 2.32 bits per heavy atom. The van der Waals surface area contributed by atoms with E-state index in [2.05, 4.69) is 64.9 Å². The molecule has 134 valence electrons. The number of H-pyrrole nitrogens is 1. The maximum Gasteiger partial charge on any atom is 0.256 e. The number of nitrogens with zero attached hydrogens (tertiary/aromatic N) is 3. The Kier molecular flexibility index (Phi) is 5.23. The number of aromatic nitrogens is 2. The van der Waals surface area contributed by atoms with E-state index >= 15 is 0 Å². The fraction of sp³-hybridized carbons (Fsp3) is 0.500. The summed E-state index contributed by atoms with van der Waals surface area (Å²) in [5, 5.41) is 0. The molecule has 0 spiro atoms. The molecule has 5 nitrogen and oxygen atoms in total. The Bertz CT molecular complexity index is 771. The summed E-state index contributed by atoms with van der Waals surface area (Å²) in [5.74, 6) is 1.22. The zero-order chi connectivity index (χ0) is 18.0. The van der Waals surface area contributed by atoms with Gasteiger partial charge in [0.05, 0.1) is 5.69 Å². The van der Waals surface area contributed by atoms with Gasteiger partial charge in [0, 0.05) is 38.2 Å². The Balaban J connectivity index is 1.79. The second kappa shape index (κ2) is 7.40. The summed E-state index contributed by atoms with van der Waals surface area (Å²) in [6, 6.07) is 8.52. The molecule has 0 atom stereocenters. The van der Waals surface area contributed by atoms with E-state index in [-0.39, 0.29) is 5.56 Å². The van der Waals surface area contributed by atoms with Gasteiger partial charge in [-0.3, -0.25) is 9.78 Å². The monoisotopic (exact) mass is 340 g/mol.